The molecule has 8 heteroatoms. The van der Waals surface area contributed by atoms with Crippen LogP contribution >= 0.6 is 0 Å². The van der Waals surface area contributed by atoms with Gasteiger partial charge in [0.15, 0.2) is 5.69 Å². The van der Waals surface area contributed by atoms with Crippen LogP contribution in [-0.2, 0) is 23.5 Å². The maximum Gasteiger partial charge on any atom is 0.355 e. The van der Waals surface area contributed by atoms with Crippen LogP contribution in [0.5, 0.6) is 0 Å². The van der Waals surface area contributed by atoms with Crippen molar-refractivity contribution >= 4 is 16.0 Å². The molecule has 0 radical (unpaired) electrons. The summed E-state index contributed by atoms with van der Waals surface area (Å²) >= 11 is 0. The number of nitrogens with zero attached hydrogens (tertiary/aromatic N) is 2. The van der Waals surface area contributed by atoms with Crippen molar-refractivity contribution in [1.82, 2.24) is 9.78 Å². The van der Waals surface area contributed by atoms with E-state index in [1.54, 1.807) is 6.92 Å². The summed E-state index contributed by atoms with van der Waals surface area (Å²) < 4.78 is 23.4. The summed E-state index contributed by atoms with van der Waals surface area (Å²) in [5.41, 5.74) is -0.244. The van der Waals surface area contributed by atoms with Gasteiger partial charge in [-0.2, -0.15) is 5.10 Å². The van der Waals surface area contributed by atoms with Gasteiger partial charge in [0.1, 0.15) is 4.90 Å². The van der Waals surface area contributed by atoms with Gasteiger partial charge in [-0.15, -0.1) is 0 Å². The second-order valence-corrected chi connectivity index (χ2v) is 4.45. The van der Waals surface area contributed by atoms with Crippen molar-refractivity contribution in [3.8, 4) is 0 Å². The average Bonchev–Trinajstić information content (AvgIpc) is 2.41. The molecule has 1 aromatic rings. The number of aromatic carboxylic acids is 1. The van der Waals surface area contributed by atoms with E-state index in [1.807, 2.05) is 0 Å². The van der Waals surface area contributed by atoms with E-state index in [0.717, 1.165) is 4.68 Å². The molecule has 0 unspecified atom stereocenters. The number of primary sulfonamides is 1. The van der Waals surface area contributed by atoms with Gasteiger partial charge in [-0.25, -0.2) is 18.4 Å². The van der Waals surface area contributed by atoms with Gasteiger partial charge in [0.25, 0.3) is 0 Å². The zero-order valence-electron chi connectivity index (χ0n) is 8.26. The fraction of sp³-hybridized carbons (Fsp3) is 0.429. The Morgan fingerprint density at radius 2 is 2.13 bits per heavy atom. The molecule has 0 fully saturated rings. The molecular formula is C7H11N3O4S. The van der Waals surface area contributed by atoms with Gasteiger partial charge in [-0.1, -0.05) is 6.92 Å². The monoisotopic (exact) mass is 233 g/mol. The van der Waals surface area contributed by atoms with E-state index in [1.165, 1.54) is 7.05 Å². The zero-order chi connectivity index (χ0) is 11.8. The predicted molar refractivity (Wildman–Crippen MR) is 50.9 cm³/mol. The lowest BCUT2D eigenvalue weighted by atomic mass is 10.3. The van der Waals surface area contributed by atoms with Crippen molar-refractivity contribution in [3.63, 3.8) is 0 Å². The largest absolute Gasteiger partial charge is 0.476 e. The molecule has 84 valence electrons. The lowest BCUT2D eigenvalue weighted by Gasteiger charge is -1.99. The van der Waals surface area contributed by atoms with Gasteiger partial charge >= 0.3 is 5.97 Å². The predicted octanol–water partition coefficient (Wildman–Crippen LogP) is -0.672. The third-order valence-corrected chi connectivity index (χ3v) is 2.89. The van der Waals surface area contributed by atoms with Crippen molar-refractivity contribution in [2.75, 3.05) is 0 Å². The summed E-state index contributed by atoms with van der Waals surface area (Å²) in [6, 6.07) is 0. The Morgan fingerprint density at radius 3 is 2.47 bits per heavy atom. The first-order chi connectivity index (χ1) is 6.79. The summed E-state index contributed by atoms with van der Waals surface area (Å²) in [4.78, 5) is 10.4. The molecule has 7 nitrogen and oxygen atoms in total. The Balaban J connectivity index is 3.65. The third kappa shape index (κ3) is 2.00. The first-order valence-electron chi connectivity index (χ1n) is 4.11. The summed E-state index contributed by atoms with van der Waals surface area (Å²) in [6.45, 7) is 1.67. The van der Waals surface area contributed by atoms with Crippen LogP contribution in [0.4, 0.5) is 0 Å². The minimum absolute atomic E-state index is 0.164. The normalized spacial score (nSPS) is 11.7. The lowest BCUT2D eigenvalue weighted by molar-refractivity contribution is 0.0680. The van der Waals surface area contributed by atoms with Crippen LogP contribution < -0.4 is 5.14 Å². The molecule has 0 saturated heterocycles. The fourth-order valence-electron chi connectivity index (χ4n) is 1.33. The molecule has 0 aliphatic carbocycles. The second-order valence-electron chi connectivity index (χ2n) is 2.95. The van der Waals surface area contributed by atoms with E-state index in [4.69, 9.17) is 10.2 Å². The highest BCUT2D eigenvalue weighted by molar-refractivity contribution is 7.89. The van der Waals surface area contributed by atoms with E-state index in [9.17, 15) is 13.2 Å². The van der Waals surface area contributed by atoms with Crippen LogP contribution in [0.3, 0.4) is 0 Å². The van der Waals surface area contributed by atoms with Gasteiger partial charge < -0.3 is 5.11 Å². The van der Waals surface area contributed by atoms with Crippen molar-refractivity contribution in [3.05, 3.63) is 11.4 Å². The first-order valence-corrected chi connectivity index (χ1v) is 5.65. The maximum atomic E-state index is 11.2. The van der Waals surface area contributed by atoms with E-state index < -0.39 is 26.6 Å². The minimum atomic E-state index is -4.06. The van der Waals surface area contributed by atoms with Crippen LogP contribution in [0, 0.1) is 0 Å². The van der Waals surface area contributed by atoms with Crippen LogP contribution in [0.15, 0.2) is 4.90 Å². The smallest absolute Gasteiger partial charge is 0.355 e. The lowest BCUT2D eigenvalue weighted by Crippen LogP contribution is -2.18. The zero-order valence-corrected chi connectivity index (χ0v) is 9.08. The molecule has 0 saturated carbocycles. The Labute approximate surface area is 86.6 Å². The number of hydrogen-bond donors (Lipinski definition) is 2. The molecule has 1 rings (SSSR count). The molecule has 0 atom stereocenters. The summed E-state index contributed by atoms with van der Waals surface area (Å²) in [5, 5.41) is 17.6. The van der Waals surface area contributed by atoms with Gasteiger partial charge in [0.05, 0.1) is 5.69 Å². The Morgan fingerprint density at radius 1 is 1.60 bits per heavy atom. The van der Waals surface area contributed by atoms with Crippen molar-refractivity contribution in [2.24, 2.45) is 12.2 Å². The Hall–Kier alpha value is -1.41. The number of hydrogen-bond acceptors (Lipinski definition) is 4. The minimum Gasteiger partial charge on any atom is -0.476 e. The number of carboxylic acids is 1. The highest BCUT2D eigenvalue weighted by atomic mass is 32.2. The molecule has 1 aromatic heterocycles. The molecule has 1 heterocycles. The fourth-order valence-corrected chi connectivity index (χ4v) is 2.33. The number of aromatic nitrogens is 2. The third-order valence-electron chi connectivity index (χ3n) is 1.89. The quantitative estimate of drug-likeness (QED) is 0.718. The summed E-state index contributed by atoms with van der Waals surface area (Å²) in [7, 11) is -2.71. The van der Waals surface area contributed by atoms with Gasteiger partial charge in [-0.05, 0) is 6.42 Å². The molecule has 0 aromatic carbocycles. The molecule has 0 bridgehead atoms. The number of carbonyl (C=O) groups is 1. The molecule has 15 heavy (non-hydrogen) atoms. The standard InChI is InChI=1S/C7H11N3O4S/c1-3-4-6(15(8,13)14)5(7(11)12)10(2)9-4/h3H2,1-2H3,(H,11,12)(H2,8,13,14). The Kier molecular flexibility index (Phi) is 2.82. The molecule has 0 amide bonds. The van der Waals surface area contributed by atoms with E-state index >= 15 is 0 Å². The second kappa shape index (κ2) is 3.63. The van der Waals surface area contributed by atoms with Crippen molar-refractivity contribution in [2.45, 2.75) is 18.2 Å². The first kappa shape index (κ1) is 11.7. The highest BCUT2D eigenvalue weighted by Gasteiger charge is 2.28. The summed E-state index contributed by atoms with van der Waals surface area (Å²) in [6.07, 6.45) is 0.298. The van der Waals surface area contributed by atoms with E-state index in [0.29, 0.717) is 6.42 Å². The van der Waals surface area contributed by atoms with Crippen LogP contribution in [0.25, 0.3) is 0 Å². The van der Waals surface area contributed by atoms with Gasteiger partial charge in [-0.3, -0.25) is 4.68 Å². The molecular weight excluding hydrogens is 222 g/mol. The SMILES string of the molecule is CCc1nn(C)c(C(=O)O)c1S(N)(=O)=O. The number of nitrogens with two attached hydrogens (primary N) is 1. The van der Waals surface area contributed by atoms with Crippen molar-refractivity contribution in [1.29, 1.82) is 0 Å². The van der Waals surface area contributed by atoms with Crippen LogP contribution in [0.2, 0.25) is 0 Å². The van der Waals surface area contributed by atoms with Crippen molar-refractivity contribution < 1.29 is 18.3 Å². The van der Waals surface area contributed by atoms with Crippen LogP contribution in [-0.4, -0.2) is 29.3 Å². The number of sulfonamides is 1. The maximum absolute atomic E-state index is 11.2. The Bertz CT molecular complexity index is 503. The molecule has 0 spiro atoms. The average molecular weight is 233 g/mol. The van der Waals surface area contributed by atoms with Crippen LogP contribution in [0.1, 0.15) is 23.1 Å². The number of rotatable bonds is 3. The van der Waals surface area contributed by atoms with E-state index in [-0.39, 0.29) is 5.69 Å². The van der Waals surface area contributed by atoms with Gasteiger partial charge in [0.2, 0.25) is 10.0 Å². The molecule has 0 aliphatic rings. The van der Waals surface area contributed by atoms with E-state index in [2.05, 4.69) is 5.10 Å². The molecule has 0 aliphatic heterocycles. The van der Waals surface area contributed by atoms with Gasteiger partial charge in [0, 0.05) is 7.05 Å². The summed E-state index contributed by atoms with van der Waals surface area (Å²) in [5.74, 6) is -1.37. The topological polar surface area (TPSA) is 115 Å². The molecule has 3 N–H and O–H groups in total. The number of aryl methyl sites for hydroxylation is 2. The number of carboxylic acid groups (broad SMARTS) is 1. The highest BCUT2D eigenvalue weighted by Crippen LogP contribution is 2.19.